The molecule has 0 atom stereocenters. The van der Waals surface area contributed by atoms with Gasteiger partial charge in [0.25, 0.3) is 0 Å². The summed E-state index contributed by atoms with van der Waals surface area (Å²) >= 11 is 0. The molecule has 2 aromatic carbocycles. The minimum Gasteiger partial charge on any atom is -0.383 e. The normalized spacial score (nSPS) is 11.7. The van der Waals surface area contributed by atoms with Crippen LogP contribution < -0.4 is 5.73 Å². The van der Waals surface area contributed by atoms with Gasteiger partial charge in [0.1, 0.15) is 5.82 Å². The fraction of sp³-hybridized carbons (Fsp3) is 0.167. The van der Waals surface area contributed by atoms with Crippen LogP contribution in [0.3, 0.4) is 0 Å². The maximum absolute atomic E-state index is 13.5. The molecule has 1 aromatic heterocycles. The van der Waals surface area contributed by atoms with Gasteiger partial charge in [-0.15, -0.1) is 0 Å². The minimum atomic E-state index is -4.59. The van der Waals surface area contributed by atoms with E-state index < -0.39 is 11.9 Å². The van der Waals surface area contributed by atoms with E-state index in [0.717, 1.165) is 15.8 Å². The largest absolute Gasteiger partial charge is 0.435 e. The lowest BCUT2D eigenvalue weighted by Crippen LogP contribution is -2.08. The molecule has 6 heteroatoms. The third-order valence-corrected chi connectivity index (χ3v) is 3.77. The fourth-order valence-corrected chi connectivity index (χ4v) is 2.60. The van der Waals surface area contributed by atoms with E-state index in [-0.39, 0.29) is 11.4 Å². The van der Waals surface area contributed by atoms with Crippen LogP contribution in [0.1, 0.15) is 16.8 Å². The van der Waals surface area contributed by atoms with Gasteiger partial charge in [0, 0.05) is 0 Å². The van der Waals surface area contributed by atoms with Gasteiger partial charge >= 0.3 is 6.18 Å². The maximum Gasteiger partial charge on any atom is 0.435 e. The molecule has 0 amide bonds. The van der Waals surface area contributed by atoms with Crippen LogP contribution in [0.4, 0.5) is 19.0 Å². The number of aromatic nitrogens is 2. The van der Waals surface area contributed by atoms with Crippen molar-refractivity contribution in [2.75, 3.05) is 5.73 Å². The standard InChI is InChI=1S/C18H16F3N3/c1-11-6-8-14(9-7-11)24-17(22)15(16(23-24)18(19,20)21)13-5-3-4-12(2)10-13/h3-10H,22H2,1-2H3. The van der Waals surface area contributed by atoms with Gasteiger partial charge < -0.3 is 5.73 Å². The summed E-state index contributed by atoms with van der Waals surface area (Å²) < 4.78 is 41.6. The number of halogens is 3. The molecule has 1 heterocycles. The average Bonchev–Trinajstić information content (AvgIpc) is 2.86. The third kappa shape index (κ3) is 2.87. The summed E-state index contributed by atoms with van der Waals surface area (Å²) in [6, 6.07) is 13.8. The zero-order valence-electron chi connectivity index (χ0n) is 13.2. The molecule has 0 radical (unpaired) electrons. The Kier molecular flexibility index (Phi) is 3.83. The zero-order chi connectivity index (χ0) is 17.5. The smallest absolute Gasteiger partial charge is 0.383 e. The first-order valence-electron chi connectivity index (χ1n) is 7.37. The van der Waals surface area contributed by atoms with Gasteiger partial charge in [0.15, 0.2) is 5.69 Å². The topological polar surface area (TPSA) is 43.8 Å². The number of alkyl halides is 3. The molecule has 0 aliphatic carbocycles. The van der Waals surface area contributed by atoms with E-state index in [2.05, 4.69) is 5.10 Å². The second-order valence-electron chi connectivity index (χ2n) is 5.72. The summed E-state index contributed by atoms with van der Waals surface area (Å²) in [5.41, 5.74) is 7.72. The van der Waals surface area contributed by atoms with Gasteiger partial charge in [-0.05, 0) is 31.5 Å². The molecule has 3 nitrogen and oxygen atoms in total. The van der Waals surface area contributed by atoms with Crippen molar-refractivity contribution in [3.8, 4) is 16.8 Å². The van der Waals surface area contributed by atoms with Crippen molar-refractivity contribution in [1.29, 1.82) is 0 Å². The SMILES string of the molecule is Cc1ccc(-n2nc(C(F)(F)F)c(-c3cccc(C)c3)c2N)cc1. The van der Waals surface area contributed by atoms with Crippen LogP contribution in [0.25, 0.3) is 16.8 Å². The Morgan fingerprint density at radius 3 is 2.21 bits per heavy atom. The molecule has 24 heavy (non-hydrogen) atoms. The van der Waals surface area contributed by atoms with Crippen LogP contribution in [-0.4, -0.2) is 9.78 Å². The Bertz CT molecular complexity index is 878. The van der Waals surface area contributed by atoms with Gasteiger partial charge in [-0.25, -0.2) is 4.68 Å². The lowest BCUT2D eigenvalue weighted by Gasteiger charge is -2.08. The number of anilines is 1. The summed E-state index contributed by atoms with van der Waals surface area (Å²) in [4.78, 5) is 0. The number of aryl methyl sites for hydroxylation is 2. The molecule has 0 saturated heterocycles. The quantitative estimate of drug-likeness (QED) is 0.736. The van der Waals surface area contributed by atoms with Crippen LogP contribution in [-0.2, 0) is 6.18 Å². The van der Waals surface area contributed by atoms with E-state index in [1.807, 2.05) is 19.9 Å². The molecular formula is C18H16F3N3. The van der Waals surface area contributed by atoms with E-state index in [4.69, 9.17) is 5.73 Å². The minimum absolute atomic E-state index is 0.0308. The molecule has 0 aliphatic heterocycles. The van der Waals surface area contributed by atoms with Crippen LogP contribution in [0.15, 0.2) is 48.5 Å². The number of nitrogen functional groups attached to an aromatic ring is 1. The van der Waals surface area contributed by atoms with Crippen molar-refractivity contribution in [2.45, 2.75) is 20.0 Å². The van der Waals surface area contributed by atoms with E-state index >= 15 is 0 Å². The van der Waals surface area contributed by atoms with Gasteiger partial charge in [-0.3, -0.25) is 0 Å². The highest BCUT2D eigenvalue weighted by molar-refractivity contribution is 5.78. The van der Waals surface area contributed by atoms with Crippen molar-refractivity contribution in [3.63, 3.8) is 0 Å². The average molecular weight is 331 g/mol. The monoisotopic (exact) mass is 331 g/mol. The Hall–Kier alpha value is -2.76. The Labute approximate surface area is 137 Å². The molecule has 0 spiro atoms. The molecule has 0 aliphatic rings. The van der Waals surface area contributed by atoms with Gasteiger partial charge in [0.2, 0.25) is 0 Å². The Morgan fingerprint density at radius 2 is 1.62 bits per heavy atom. The van der Waals surface area contributed by atoms with Crippen molar-refractivity contribution in [1.82, 2.24) is 9.78 Å². The fourth-order valence-electron chi connectivity index (χ4n) is 2.60. The van der Waals surface area contributed by atoms with Crippen molar-refractivity contribution in [2.24, 2.45) is 0 Å². The Morgan fingerprint density at radius 1 is 0.958 bits per heavy atom. The van der Waals surface area contributed by atoms with Crippen molar-refractivity contribution in [3.05, 3.63) is 65.4 Å². The third-order valence-electron chi connectivity index (χ3n) is 3.77. The first kappa shape index (κ1) is 16.1. The summed E-state index contributed by atoms with van der Waals surface area (Å²) in [5.74, 6) is -0.0308. The number of nitrogens with two attached hydrogens (primary N) is 1. The Balaban J connectivity index is 2.26. The molecule has 0 fully saturated rings. The van der Waals surface area contributed by atoms with Gasteiger partial charge in [-0.1, -0.05) is 47.5 Å². The van der Waals surface area contributed by atoms with E-state index in [0.29, 0.717) is 11.3 Å². The van der Waals surface area contributed by atoms with Crippen molar-refractivity contribution >= 4 is 5.82 Å². The van der Waals surface area contributed by atoms with Crippen LogP contribution in [0, 0.1) is 13.8 Å². The van der Waals surface area contributed by atoms with Crippen molar-refractivity contribution < 1.29 is 13.2 Å². The maximum atomic E-state index is 13.5. The predicted molar refractivity (Wildman–Crippen MR) is 87.9 cm³/mol. The highest BCUT2D eigenvalue weighted by atomic mass is 19.4. The molecular weight excluding hydrogens is 315 g/mol. The zero-order valence-corrected chi connectivity index (χ0v) is 13.2. The van der Waals surface area contributed by atoms with Crippen LogP contribution in [0.2, 0.25) is 0 Å². The lowest BCUT2D eigenvalue weighted by atomic mass is 10.0. The van der Waals surface area contributed by atoms with Gasteiger partial charge in [0.05, 0.1) is 11.3 Å². The summed E-state index contributed by atoms with van der Waals surface area (Å²) in [6.45, 7) is 3.72. The molecule has 0 bridgehead atoms. The molecule has 3 rings (SSSR count). The van der Waals surface area contributed by atoms with Crippen LogP contribution >= 0.6 is 0 Å². The predicted octanol–water partition coefficient (Wildman–Crippen LogP) is 4.76. The summed E-state index contributed by atoms with van der Waals surface area (Å²) in [7, 11) is 0. The first-order valence-corrected chi connectivity index (χ1v) is 7.37. The first-order chi connectivity index (χ1) is 11.3. The molecule has 124 valence electrons. The van der Waals surface area contributed by atoms with E-state index in [1.165, 1.54) is 0 Å². The number of hydrogen-bond acceptors (Lipinski definition) is 2. The number of hydrogen-bond donors (Lipinski definition) is 1. The molecule has 0 unspecified atom stereocenters. The second-order valence-corrected chi connectivity index (χ2v) is 5.72. The highest BCUT2D eigenvalue weighted by Gasteiger charge is 2.39. The molecule has 0 saturated carbocycles. The van der Waals surface area contributed by atoms with Crippen LogP contribution in [0.5, 0.6) is 0 Å². The molecule has 3 aromatic rings. The summed E-state index contributed by atoms with van der Waals surface area (Å²) in [5, 5.41) is 3.75. The lowest BCUT2D eigenvalue weighted by molar-refractivity contribution is -0.140. The summed E-state index contributed by atoms with van der Waals surface area (Å²) in [6.07, 6.45) is -4.59. The molecule has 2 N–H and O–H groups in total. The van der Waals surface area contributed by atoms with E-state index in [1.54, 1.807) is 42.5 Å². The van der Waals surface area contributed by atoms with E-state index in [9.17, 15) is 13.2 Å². The highest BCUT2D eigenvalue weighted by Crippen LogP contribution is 2.40. The number of nitrogens with zero attached hydrogens (tertiary/aromatic N) is 2. The second kappa shape index (κ2) is 5.70. The van der Waals surface area contributed by atoms with Gasteiger partial charge in [-0.2, -0.15) is 18.3 Å². The number of benzene rings is 2. The number of rotatable bonds is 2.